The van der Waals surface area contributed by atoms with Crippen molar-refractivity contribution in [2.45, 2.75) is 27.3 Å². The number of amides is 1. The van der Waals surface area contributed by atoms with E-state index >= 15 is 0 Å². The van der Waals surface area contributed by atoms with Gasteiger partial charge < -0.3 is 20.2 Å². The highest BCUT2D eigenvalue weighted by atomic mass is 35.5. The quantitative estimate of drug-likeness (QED) is 0.410. The zero-order valence-electron chi connectivity index (χ0n) is 17.5. The predicted molar refractivity (Wildman–Crippen MR) is 123 cm³/mol. The third-order valence-corrected chi connectivity index (χ3v) is 4.89. The molecule has 8 nitrogen and oxygen atoms in total. The monoisotopic (exact) mass is 461 g/mol. The molecule has 1 heterocycles. The van der Waals surface area contributed by atoms with Crippen LogP contribution in [0.5, 0.6) is 11.5 Å². The summed E-state index contributed by atoms with van der Waals surface area (Å²) in [6, 6.07) is 11.1. The van der Waals surface area contributed by atoms with Crippen molar-refractivity contribution < 1.29 is 14.3 Å². The van der Waals surface area contributed by atoms with Gasteiger partial charge in [-0.3, -0.25) is 9.89 Å². The molecule has 10 heteroatoms. The van der Waals surface area contributed by atoms with Crippen LogP contribution in [0.1, 0.15) is 23.9 Å². The van der Waals surface area contributed by atoms with Gasteiger partial charge in [-0.05, 0) is 62.8 Å². The number of carbonyl (C=O) groups is 1. The Balaban J connectivity index is 1.68. The standard InChI is InChI=1S/C21H24ClN5O3S/c1-4-29-18-10-15(11-23-27-14(3)25-26-21(27)31)9-17(22)20(18)30-12-19(28)24-16-7-5-13(2)6-8-16/h5-10,23H,4,11-12H2,1-3H3,(H,24,28)(H,26,31). The Hall–Kier alpha value is -3.04. The number of rotatable bonds is 9. The summed E-state index contributed by atoms with van der Waals surface area (Å²) in [4.78, 5) is 12.3. The van der Waals surface area contributed by atoms with Gasteiger partial charge in [-0.2, -0.15) is 5.10 Å². The van der Waals surface area contributed by atoms with Crippen molar-refractivity contribution in [3.05, 3.63) is 63.1 Å². The van der Waals surface area contributed by atoms with Gasteiger partial charge in [-0.1, -0.05) is 29.3 Å². The van der Waals surface area contributed by atoms with Crippen LogP contribution in [0.3, 0.4) is 0 Å². The van der Waals surface area contributed by atoms with E-state index in [2.05, 4.69) is 20.9 Å². The Morgan fingerprint density at radius 2 is 1.97 bits per heavy atom. The van der Waals surface area contributed by atoms with Crippen molar-refractivity contribution in [1.82, 2.24) is 14.9 Å². The summed E-state index contributed by atoms with van der Waals surface area (Å²) in [5.74, 6) is 1.20. The predicted octanol–water partition coefficient (Wildman–Crippen LogP) is 4.37. The molecule has 3 N–H and O–H groups in total. The lowest BCUT2D eigenvalue weighted by molar-refractivity contribution is -0.118. The van der Waals surface area contributed by atoms with Gasteiger partial charge in [0.25, 0.3) is 5.91 Å². The summed E-state index contributed by atoms with van der Waals surface area (Å²) in [6.45, 7) is 6.33. The van der Waals surface area contributed by atoms with Gasteiger partial charge in [-0.25, -0.2) is 4.68 Å². The molecule has 0 aliphatic rings. The molecule has 0 unspecified atom stereocenters. The van der Waals surface area contributed by atoms with Crippen molar-refractivity contribution in [3.8, 4) is 11.5 Å². The van der Waals surface area contributed by atoms with Crippen molar-refractivity contribution in [2.24, 2.45) is 0 Å². The molecule has 1 amide bonds. The van der Waals surface area contributed by atoms with Crippen LogP contribution >= 0.6 is 23.8 Å². The third kappa shape index (κ3) is 5.99. The van der Waals surface area contributed by atoms with Crippen LogP contribution in [-0.2, 0) is 11.3 Å². The SMILES string of the molecule is CCOc1cc(CNn2c(C)n[nH]c2=S)cc(Cl)c1OCC(=O)Nc1ccc(C)cc1. The molecule has 0 spiro atoms. The maximum absolute atomic E-state index is 12.3. The van der Waals surface area contributed by atoms with Crippen LogP contribution < -0.4 is 20.2 Å². The highest BCUT2D eigenvalue weighted by Crippen LogP contribution is 2.36. The van der Waals surface area contributed by atoms with Crippen LogP contribution in [0, 0.1) is 18.6 Å². The fourth-order valence-electron chi connectivity index (χ4n) is 2.83. The average molecular weight is 462 g/mol. The number of hydrogen-bond donors (Lipinski definition) is 3. The molecule has 0 saturated carbocycles. The average Bonchev–Trinajstić information content (AvgIpc) is 3.05. The normalized spacial score (nSPS) is 10.6. The van der Waals surface area contributed by atoms with Crippen LogP contribution in [-0.4, -0.2) is 34.0 Å². The molecule has 164 valence electrons. The molecule has 0 fully saturated rings. The highest BCUT2D eigenvalue weighted by molar-refractivity contribution is 7.71. The van der Waals surface area contributed by atoms with Gasteiger partial charge in [0.1, 0.15) is 5.82 Å². The number of aromatic amines is 1. The van der Waals surface area contributed by atoms with Crippen molar-refractivity contribution in [3.63, 3.8) is 0 Å². The molecule has 0 bridgehead atoms. The smallest absolute Gasteiger partial charge is 0.262 e. The fourth-order valence-corrected chi connectivity index (χ4v) is 3.36. The van der Waals surface area contributed by atoms with Crippen molar-refractivity contribution in [1.29, 1.82) is 0 Å². The fraction of sp³-hybridized carbons (Fsp3) is 0.286. The Bertz CT molecular complexity index is 1110. The summed E-state index contributed by atoms with van der Waals surface area (Å²) in [7, 11) is 0. The summed E-state index contributed by atoms with van der Waals surface area (Å²) >= 11 is 11.6. The zero-order chi connectivity index (χ0) is 22.4. The first-order chi connectivity index (χ1) is 14.9. The minimum Gasteiger partial charge on any atom is -0.490 e. The Morgan fingerprint density at radius 1 is 1.23 bits per heavy atom. The second-order valence-corrected chi connectivity index (χ2v) is 7.58. The minimum absolute atomic E-state index is 0.200. The number of nitrogens with one attached hydrogen (secondary N) is 3. The third-order valence-electron chi connectivity index (χ3n) is 4.33. The number of benzene rings is 2. The van der Waals surface area contributed by atoms with E-state index in [0.29, 0.717) is 46.0 Å². The number of hydrogen-bond acceptors (Lipinski definition) is 6. The first-order valence-corrected chi connectivity index (χ1v) is 10.5. The topological polar surface area (TPSA) is 93.2 Å². The largest absolute Gasteiger partial charge is 0.490 e. The molecule has 0 radical (unpaired) electrons. The Morgan fingerprint density at radius 3 is 2.61 bits per heavy atom. The molecular weight excluding hydrogens is 438 g/mol. The summed E-state index contributed by atoms with van der Waals surface area (Å²) in [5, 5.41) is 9.91. The van der Waals surface area contributed by atoms with E-state index in [-0.39, 0.29) is 12.5 Å². The van der Waals surface area contributed by atoms with Crippen molar-refractivity contribution >= 4 is 35.4 Å². The van der Waals surface area contributed by atoms with E-state index in [1.807, 2.05) is 51.1 Å². The Labute approximate surface area is 190 Å². The molecule has 3 aromatic rings. The van der Waals surface area contributed by atoms with Gasteiger partial charge in [-0.15, -0.1) is 0 Å². The second-order valence-electron chi connectivity index (χ2n) is 6.79. The summed E-state index contributed by atoms with van der Waals surface area (Å²) in [5.41, 5.74) is 5.84. The second kappa shape index (κ2) is 10.3. The lowest BCUT2D eigenvalue weighted by atomic mass is 10.2. The number of H-pyrrole nitrogens is 1. The molecule has 0 aliphatic carbocycles. The lowest BCUT2D eigenvalue weighted by Gasteiger charge is -2.16. The summed E-state index contributed by atoms with van der Waals surface area (Å²) in [6.07, 6.45) is 0. The first-order valence-electron chi connectivity index (χ1n) is 9.69. The molecule has 0 atom stereocenters. The molecule has 2 aromatic carbocycles. The van der Waals surface area contributed by atoms with Gasteiger partial charge in [0.15, 0.2) is 18.1 Å². The number of halogens is 1. The molecule has 1 aromatic heterocycles. The number of nitrogens with zero attached hydrogens (tertiary/aromatic N) is 2. The van der Waals surface area contributed by atoms with Gasteiger partial charge >= 0.3 is 0 Å². The van der Waals surface area contributed by atoms with Gasteiger partial charge in [0.2, 0.25) is 4.77 Å². The summed E-state index contributed by atoms with van der Waals surface area (Å²) < 4.78 is 13.5. The molecule has 0 saturated heterocycles. The highest BCUT2D eigenvalue weighted by Gasteiger charge is 2.15. The van der Waals surface area contributed by atoms with Crippen LogP contribution in [0.25, 0.3) is 0 Å². The van der Waals surface area contributed by atoms with Crippen LogP contribution in [0.15, 0.2) is 36.4 Å². The van der Waals surface area contributed by atoms with E-state index in [1.165, 1.54) is 0 Å². The van der Waals surface area contributed by atoms with Crippen molar-refractivity contribution in [2.75, 3.05) is 24.0 Å². The number of ether oxygens (including phenoxy) is 2. The molecule has 3 rings (SSSR count). The number of aromatic nitrogens is 3. The van der Waals surface area contributed by atoms with E-state index in [1.54, 1.807) is 10.7 Å². The first kappa shape index (κ1) is 22.6. The minimum atomic E-state index is -0.294. The molecular formula is C21H24ClN5O3S. The number of aryl methyl sites for hydroxylation is 2. The maximum Gasteiger partial charge on any atom is 0.262 e. The van der Waals surface area contributed by atoms with Crippen LogP contribution in [0.2, 0.25) is 5.02 Å². The Kier molecular flexibility index (Phi) is 7.54. The zero-order valence-corrected chi connectivity index (χ0v) is 19.1. The molecule has 31 heavy (non-hydrogen) atoms. The lowest BCUT2D eigenvalue weighted by Crippen LogP contribution is -2.20. The van der Waals surface area contributed by atoms with E-state index in [9.17, 15) is 4.79 Å². The maximum atomic E-state index is 12.3. The van der Waals surface area contributed by atoms with E-state index in [0.717, 1.165) is 11.1 Å². The number of anilines is 1. The van der Waals surface area contributed by atoms with Gasteiger partial charge in [0, 0.05) is 5.69 Å². The van der Waals surface area contributed by atoms with Gasteiger partial charge in [0.05, 0.1) is 18.2 Å². The van der Waals surface area contributed by atoms with Crippen LogP contribution in [0.4, 0.5) is 5.69 Å². The van der Waals surface area contributed by atoms with E-state index in [4.69, 9.17) is 33.3 Å². The number of carbonyl (C=O) groups excluding carboxylic acids is 1. The molecule has 0 aliphatic heterocycles. The van der Waals surface area contributed by atoms with E-state index < -0.39 is 0 Å².